The van der Waals surface area contributed by atoms with Crippen molar-refractivity contribution in [2.24, 2.45) is 5.73 Å². The second-order valence-electron chi connectivity index (χ2n) is 7.89. The molecule has 1 aliphatic carbocycles. The number of halogens is 1. The summed E-state index contributed by atoms with van der Waals surface area (Å²) in [6.07, 6.45) is 3.20. The van der Waals surface area contributed by atoms with Crippen molar-refractivity contribution in [2.75, 3.05) is 31.6 Å². The van der Waals surface area contributed by atoms with Crippen LogP contribution in [0.25, 0.3) is 0 Å². The number of nitrogens with two attached hydrogens (primary N) is 1. The van der Waals surface area contributed by atoms with E-state index in [1.165, 1.54) is 18.6 Å². The molecule has 1 aromatic carbocycles. The Hall–Kier alpha value is -2.71. The maximum Gasteiger partial charge on any atom is 0.271 e. The van der Waals surface area contributed by atoms with E-state index in [-0.39, 0.29) is 16.7 Å². The molecule has 0 atom stereocenters. The minimum absolute atomic E-state index is 0.0710. The van der Waals surface area contributed by atoms with Crippen molar-refractivity contribution in [3.05, 3.63) is 34.7 Å². The van der Waals surface area contributed by atoms with Gasteiger partial charge < -0.3 is 15.8 Å². The van der Waals surface area contributed by atoms with Gasteiger partial charge in [0.15, 0.2) is 35.6 Å². The molecule has 1 aromatic heterocycles. The zero-order valence-corrected chi connectivity index (χ0v) is 17.6. The van der Waals surface area contributed by atoms with Crippen LogP contribution in [0.15, 0.2) is 18.2 Å². The van der Waals surface area contributed by atoms with E-state index in [0.717, 1.165) is 42.8 Å². The molecule has 3 heterocycles. The molecule has 3 aliphatic rings. The van der Waals surface area contributed by atoms with Crippen LogP contribution in [0.2, 0.25) is 5.15 Å². The van der Waals surface area contributed by atoms with Gasteiger partial charge in [0.25, 0.3) is 5.91 Å². The molecule has 1 amide bonds. The van der Waals surface area contributed by atoms with Crippen molar-refractivity contribution in [3.63, 3.8) is 0 Å². The van der Waals surface area contributed by atoms with Crippen molar-refractivity contribution in [1.82, 2.24) is 14.9 Å². The molecule has 0 bridgehead atoms. The molecule has 0 spiro atoms. The van der Waals surface area contributed by atoms with Gasteiger partial charge in [0.1, 0.15) is 0 Å². The summed E-state index contributed by atoms with van der Waals surface area (Å²) in [6, 6.07) is 6.64. The van der Waals surface area contributed by atoms with Gasteiger partial charge in [0.05, 0.1) is 18.8 Å². The number of ether oxygens (including phenoxy) is 1. The number of primary amides is 1. The predicted octanol–water partition coefficient (Wildman–Crippen LogP) is 2.49. The molecule has 156 valence electrons. The Labute approximate surface area is 179 Å². The normalized spacial score (nSPS) is 18.5. The van der Waals surface area contributed by atoms with Crippen LogP contribution in [0.1, 0.15) is 35.9 Å². The number of aromatic nitrogens is 2. The van der Waals surface area contributed by atoms with Crippen LogP contribution in [0.4, 0.5) is 17.2 Å². The monoisotopic (exact) mass is 427 g/mol. The highest BCUT2D eigenvalue weighted by Crippen LogP contribution is 2.36. The number of carbonyl (C=O) groups excluding carboxylic acids is 1. The number of nitrogens with one attached hydrogen (secondary N) is 1. The maximum atomic E-state index is 11.9. The molecule has 2 aliphatic heterocycles. The number of aryl methyl sites for hydroxylation is 1. The van der Waals surface area contributed by atoms with Crippen LogP contribution >= 0.6 is 11.6 Å². The van der Waals surface area contributed by atoms with Crippen molar-refractivity contribution >= 4 is 40.4 Å². The highest BCUT2D eigenvalue weighted by Gasteiger charge is 2.38. The molecule has 5 rings (SSSR count). The molecule has 1 saturated carbocycles. The van der Waals surface area contributed by atoms with Gasteiger partial charge in [0, 0.05) is 23.9 Å². The second-order valence-corrected chi connectivity index (χ2v) is 8.25. The zero-order chi connectivity index (χ0) is 20.8. The van der Waals surface area contributed by atoms with Gasteiger partial charge in [-0.15, -0.1) is 0 Å². The Balaban J connectivity index is 1.42. The summed E-state index contributed by atoms with van der Waals surface area (Å²) in [5.74, 6) is 0.387. The van der Waals surface area contributed by atoms with Gasteiger partial charge in [-0.2, -0.15) is 4.58 Å². The lowest BCUT2D eigenvalue weighted by molar-refractivity contribution is -0.455. The molecule has 8 nitrogen and oxygen atoms in total. The minimum atomic E-state index is -0.654. The second kappa shape index (κ2) is 7.52. The number of nitrogens with zero attached hydrogens (tertiary/aromatic N) is 4. The molecule has 0 saturated heterocycles. The Morgan fingerprint density at radius 1 is 1.40 bits per heavy atom. The first-order valence-corrected chi connectivity index (χ1v) is 10.7. The summed E-state index contributed by atoms with van der Waals surface area (Å²) in [4.78, 5) is 23.0. The fraction of sp³-hybridized carbons (Fsp3) is 0.429. The van der Waals surface area contributed by atoms with E-state index in [1.54, 1.807) is 0 Å². The summed E-state index contributed by atoms with van der Waals surface area (Å²) in [5.41, 5.74) is 9.22. The number of anilines is 2. The molecule has 9 heteroatoms. The fourth-order valence-electron chi connectivity index (χ4n) is 4.11. The van der Waals surface area contributed by atoms with Gasteiger partial charge >= 0.3 is 0 Å². The van der Waals surface area contributed by atoms with Crippen LogP contribution in [-0.4, -0.2) is 63.3 Å². The van der Waals surface area contributed by atoms with E-state index in [0.29, 0.717) is 18.7 Å². The molecule has 0 unspecified atom stereocenters. The van der Waals surface area contributed by atoms with Gasteiger partial charge in [-0.3, -0.25) is 9.69 Å². The predicted molar refractivity (Wildman–Crippen MR) is 115 cm³/mol. The number of amides is 1. The number of benzene rings is 1. The van der Waals surface area contributed by atoms with E-state index >= 15 is 0 Å². The fourth-order valence-corrected chi connectivity index (χ4v) is 4.37. The molecule has 2 aromatic rings. The van der Waals surface area contributed by atoms with Gasteiger partial charge in [-0.1, -0.05) is 18.5 Å². The highest BCUT2D eigenvalue weighted by atomic mass is 35.5. The Kier molecular flexibility index (Phi) is 4.83. The van der Waals surface area contributed by atoms with Crippen molar-refractivity contribution < 1.29 is 14.1 Å². The third-order valence-electron chi connectivity index (χ3n) is 5.84. The van der Waals surface area contributed by atoms with Gasteiger partial charge in [-0.05, 0) is 25.3 Å². The number of carbonyl (C=O) groups is 1. The van der Waals surface area contributed by atoms with Crippen molar-refractivity contribution in [2.45, 2.75) is 32.2 Å². The third kappa shape index (κ3) is 3.50. The largest absolute Gasteiger partial charge is 0.476 e. The van der Waals surface area contributed by atoms with E-state index in [2.05, 4.69) is 24.8 Å². The lowest BCUT2D eigenvalue weighted by Gasteiger charge is -2.29. The van der Waals surface area contributed by atoms with Crippen LogP contribution in [0.5, 0.6) is 5.75 Å². The topological polar surface area (TPSA) is 96.4 Å². The standard InChI is InChI=1S/C21H23ClN6O2/c1-2-15-19(22)26-21(18(25-15)20(23)29)24-12-3-6-16-17(9-12)30-11-14-10-27(13-4-5-13)7-8-28(14)16/h3,6,9,13H,2,4-5,7-8,10-11H2,1H3,(H2-,23,24,26,29)/p+1. The first kappa shape index (κ1) is 19.3. The molecule has 1 fully saturated rings. The summed E-state index contributed by atoms with van der Waals surface area (Å²) in [6.45, 7) is 5.51. The molecular formula is C21H24ClN6O2+. The molecule has 30 heavy (non-hydrogen) atoms. The average Bonchev–Trinajstić information content (AvgIpc) is 3.58. The first-order chi connectivity index (χ1) is 14.5. The van der Waals surface area contributed by atoms with Gasteiger partial charge in [0.2, 0.25) is 11.4 Å². The smallest absolute Gasteiger partial charge is 0.271 e. The number of hydrogen-bond acceptors (Lipinski definition) is 6. The van der Waals surface area contributed by atoms with Crippen LogP contribution in [0, 0.1) is 0 Å². The molecule has 0 radical (unpaired) electrons. The van der Waals surface area contributed by atoms with E-state index in [4.69, 9.17) is 22.1 Å². The summed E-state index contributed by atoms with van der Waals surface area (Å²) in [5, 5.41) is 3.38. The number of hydrogen-bond donors (Lipinski definition) is 2. The molecule has 3 N–H and O–H groups in total. The maximum absolute atomic E-state index is 11.9. The Bertz CT molecular complexity index is 1070. The lowest BCUT2D eigenvalue weighted by atomic mass is 10.1. The van der Waals surface area contributed by atoms with Crippen LogP contribution in [0.3, 0.4) is 0 Å². The zero-order valence-electron chi connectivity index (χ0n) is 16.8. The summed E-state index contributed by atoms with van der Waals surface area (Å²) < 4.78 is 8.42. The van der Waals surface area contributed by atoms with E-state index in [1.807, 2.05) is 25.1 Å². The Morgan fingerprint density at radius 2 is 2.23 bits per heavy atom. The SMILES string of the molecule is CCc1nc(C(N)=O)c(Nc2ccc3c(c2)OCC2=[N+]3CCN(C3CC3)C2)nc1Cl. The average molecular weight is 428 g/mol. The van der Waals surface area contributed by atoms with Crippen molar-refractivity contribution in [1.29, 1.82) is 0 Å². The van der Waals surface area contributed by atoms with E-state index in [9.17, 15) is 4.79 Å². The van der Waals surface area contributed by atoms with E-state index < -0.39 is 5.91 Å². The quantitative estimate of drug-likeness (QED) is 0.711. The molecular weight excluding hydrogens is 404 g/mol. The summed E-state index contributed by atoms with van der Waals surface area (Å²) in [7, 11) is 0. The van der Waals surface area contributed by atoms with Crippen molar-refractivity contribution in [3.8, 4) is 5.75 Å². The number of fused-ring (bicyclic) bond motifs is 2. The Morgan fingerprint density at radius 3 is 2.97 bits per heavy atom. The third-order valence-corrected chi connectivity index (χ3v) is 6.14. The number of rotatable bonds is 5. The van der Waals surface area contributed by atoms with Crippen LogP contribution in [-0.2, 0) is 6.42 Å². The first-order valence-electron chi connectivity index (χ1n) is 10.3. The van der Waals surface area contributed by atoms with Gasteiger partial charge in [-0.25, -0.2) is 9.97 Å². The minimum Gasteiger partial charge on any atom is -0.476 e. The lowest BCUT2D eigenvalue weighted by Crippen LogP contribution is -2.47. The highest BCUT2D eigenvalue weighted by molar-refractivity contribution is 6.30. The van der Waals surface area contributed by atoms with Crippen LogP contribution < -0.4 is 15.8 Å². The summed E-state index contributed by atoms with van der Waals surface area (Å²) >= 11 is 6.20.